The maximum atomic E-state index is 16.1. The molecule has 3 amide bonds. The molecule has 0 radical (unpaired) electrons. The Hall–Kier alpha value is -7.03. The summed E-state index contributed by atoms with van der Waals surface area (Å²) in [6.45, 7) is 7.33. The van der Waals surface area contributed by atoms with Crippen LogP contribution in [0.1, 0.15) is 96.6 Å². The van der Waals surface area contributed by atoms with Crippen LogP contribution in [0.3, 0.4) is 0 Å². The number of carboxylic acids is 1. The molecule has 4 fully saturated rings. The third-order valence-electron chi connectivity index (χ3n) is 17.4. The summed E-state index contributed by atoms with van der Waals surface area (Å²) >= 11 is 0. The van der Waals surface area contributed by atoms with E-state index in [-0.39, 0.29) is 56.1 Å². The smallest absolute Gasteiger partial charge is 0.407 e. The largest absolute Gasteiger partial charge is 0.477 e. The Labute approximate surface area is 511 Å². The van der Waals surface area contributed by atoms with Crippen molar-refractivity contribution < 1.29 is 126 Å². The van der Waals surface area contributed by atoms with E-state index in [0.717, 1.165) is 27.7 Å². The molecule has 10 N–H and O–H groups in total. The van der Waals surface area contributed by atoms with Gasteiger partial charge < -0.3 is 99.1 Å². The summed E-state index contributed by atoms with van der Waals surface area (Å²) in [4.78, 5) is 123. The van der Waals surface area contributed by atoms with Crippen molar-refractivity contribution in [2.24, 2.45) is 16.7 Å². The predicted octanol–water partition coefficient (Wildman–Crippen LogP) is -0.625. The zero-order chi connectivity index (χ0) is 65.6. The first kappa shape index (κ1) is 69.4. The van der Waals surface area contributed by atoms with Crippen molar-refractivity contribution in [2.75, 3.05) is 52.8 Å². The highest BCUT2D eigenvalue weighted by atomic mass is 16.7. The number of nitrogens with one attached hydrogen (secondary N) is 3. The van der Waals surface area contributed by atoms with Gasteiger partial charge in [0.05, 0.1) is 75.8 Å². The summed E-state index contributed by atoms with van der Waals surface area (Å²) in [6.07, 6.45) is -20.5. The fraction of sp³-hybridized carbons (Fsp3) is 0.617. The van der Waals surface area contributed by atoms with E-state index in [1.165, 1.54) is 39.8 Å². The van der Waals surface area contributed by atoms with E-state index in [1.807, 2.05) is 0 Å². The van der Waals surface area contributed by atoms with Crippen LogP contribution in [0.15, 0.2) is 71.8 Å². The van der Waals surface area contributed by atoms with Crippen LogP contribution < -0.4 is 16.0 Å². The minimum Gasteiger partial charge on any atom is -0.477 e. The van der Waals surface area contributed by atoms with Gasteiger partial charge in [0.25, 0.3) is 11.7 Å². The van der Waals surface area contributed by atoms with Crippen LogP contribution in [0.2, 0.25) is 0 Å². The number of ketones is 1. The van der Waals surface area contributed by atoms with Crippen LogP contribution in [0.5, 0.6) is 0 Å². The normalized spacial score (nSPS) is 31.6. The Morgan fingerprint density at radius 1 is 0.787 bits per heavy atom. The Kier molecular flexibility index (Phi) is 22.2. The van der Waals surface area contributed by atoms with E-state index in [9.17, 15) is 74.1 Å². The summed E-state index contributed by atoms with van der Waals surface area (Å²) in [5.74, 6) is -12.5. The first-order chi connectivity index (χ1) is 41.9. The van der Waals surface area contributed by atoms with E-state index in [1.54, 1.807) is 48.5 Å². The third kappa shape index (κ3) is 14.3. The fourth-order valence-electron chi connectivity index (χ4n) is 13.0. The first-order valence-corrected chi connectivity index (χ1v) is 28.9. The number of carbonyl (C=O) groups excluding carboxylic acids is 8. The van der Waals surface area contributed by atoms with Gasteiger partial charge in [-0.15, -0.1) is 0 Å². The number of carboxylic acid groups (broad SMARTS) is 1. The number of rotatable bonds is 25. The first-order valence-electron chi connectivity index (χ1n) is 28.9. The maximum absolute atomic E-state index is 16.1. The summed E-state index contributed by atoms with van der Waals surface area (Å²) in [7, 11) is 0. The summed E-state index contributed by atoms with van der Waals surface area (Å²) in [5.41, 5.74) is -7.95. The topological polar surface area (TPSA) is 424 Å². The number of esters is 4. The molecule has 17 atom stereocenters. The molecule has 0 aromatic heterocycles. The van der Waals surface area contributed by atoms with Crippen molar-refractivity contribution in [2.45, 2.75) is 165 Å². The fourth-order valence-corrected chi connectivity index (χ4v) is 13.0. The van der Waals surface area contributed by atoms with Crippen molar-refractivity contribution in [3.63, 3.8) is 0 Å². The highest BCUT2D eigenvalue weighted by Crippen LogP contribution is 2.65. The number of fused-ring (bicyclic) bond motifs is 5. The van der Waals surface area contributed by atoms with Crippen molar-refractivity contribution in [3.8, 4) is 0 Å². The van der Waals surface area contributed by atoms with Gasteiger partial charge in [-0.25, -0.2) is 14.4 Å². The molecule has 3 aliphatic carbocycles. The van der Waals surface area contributed by atoms with Gasteiger partial charge in [-0.05, 0) is 42.7 Å². The molecule has 0 spiro atoms. The molecule has 29 nitrogen and oxygen atoms in total. The minimum atomic E-state index is -2.58. The molecular weight excluding hydrogens is 1180 g/mol. The zero-order valence-corrected chi connectivity index (χ0v) is 50.4. The second-order valence-corrected chi connectivity index (χ2v) is 23.4. The predicted molar refractivity (Wildman–Crippen MR) is 300 cm³/mol. The number of amides is 3. The Bertz CT molecular complexity index is 2970. The average Bonchev–Trinajstić information content (AvgIpc) is 0.672. The minimum absolute atomic E-state index is 0.0743. The van der Waals surface area contributed by atoms with Crippen molar-refractivity contribution in [1.29, 1.82) is 0 Å². The van der Waals surface area contributed by atoms with Crippen molar-refractivity contribution in [3.05, 3.63) is 82.9 Å². The van der Waals surface area contributed by atoms with Crippen LogP contribution >= 0.6 is 0 Å². The van der Waals surface area contributed by atoms with E-state index >= 15 is 4.79 Å². The summed E-state index contributed by atoms with van der Waals surface area (Å²) < 4.78 is 58.6. The van der Waals surface area contributed by atoms with Crippen molar-refractivity contribution in [1.82, 2.24) is 16.0 Å². The Balaban J connectivity index is 1.09. The maximum Gasteiger partial charge on any atom is 0.407 e. The zero-order valence-electron chi connectivity index (χ0n) is 50.4. The molecule has 2 aromatic carbocycles. The number of aliphatic hydroxyl groups excluding tert-OH is 5. The number of carbonyl (C=O) groups is 9. The summed E-state index contributed by atoms with van der Waals surface area (Å²) in [5, 5.41) is 84.3. The van der Waals surface area contributed by atoms with Gasteiger partial charge in [-0.3, -0.25) is 28.8 Å². The number of aliphatic carboxylic acids is 1. The number of hydrogen-bond acceptors (Lipinski definition) is 25. The molecule has 29 heteroatoms. The van der Waals surface area contributed by atoms with E-state index in [4.69, 9.17) is 47.4 Å². The molecule has 2 bridgehead atoms. The lowest BCUT2D eigenvalue weighted by Crippen LogP contribution is -2.82. The van der Waals surface area contributed by atoms with Crippen LogP contribution in [-0.2, 0) is 80.9 Å². The molecule has 2 saturated heterocycles. The lowest BCUT2D eigenvalue weighted by Gasteiger charge is -2.67. The quantitative estimate of drug-likeness (QED) is 0.0256. The van der Waals surface area contributed by atoms with Crippen molar-refractivity contribution >= 4 is 53.5 Å². The molecule has 2 aromatic rings. The van der Waals surface area contributed by atoms with Crippen LogP contribution in [0.4, 0.5) is 4.79 Å². The molecule has 490 valence electrons. The highest BCUT2D eigenvalue weighted by Gasteiger charge is 2.79. The van der Waals surface area contributed by atoms with Gasteiger partial charge in [0, 0.05) is 64.5 Å². The van der Waals surface area contributed by atoms with Crippen LogP contribution in [0, 0.1) is 16.7 Å². The third-order valence-corrected chi connectivity index (χ3v) is 17.4. The van der Waals surface area contributed by atoms with Gasteiger partial charge in [0.2, 0.25) is 5.91 Å². The molecule has 2 unspecified atom stereocenters. The van der Waals surface area contributed by atoms with Crippen LogP contribution in [-0.4, -0.2) is 226 Å². The molecule has 2 heterocycles. The molecule has 2 saturated carbocycles. The second-order valence-electron chi connectivity index (χ2n) is 23.4. The SMILES string of the molecule is CC(=O)N[C@H]1[C@H]([C@H](O)[C@H](O)CO)O[C@@](OCCOCCOCCNC(=O)O[C@H]2C[C@H]3OC[C@@]3(OC(C)=O)C3C(OC(C)=O)[C@]4(O)C[C@H](OC(=O)[C@H](O)[C@@H](NC(=O)c5ccccc5)c5ccccc5)C(C)=C([C@@H](OC(C)=O)C(=O)[C@@]32C)C4(C)C)(C(=O)O)C[C@@H]1O. The number of benzene rings is 2. The highest BCUT2D eigenvalue weighted by molar-refractivity contribution is 5.96. The standard InChI is InChI=1S/C60H79N3O26/c1-30-39(86-53(75)46(72)43(35-15-11-9-12-16-35)63-52(74)36-17-13-10-14-18-36)27-59(79)51(85-33(4)67)49-57(8,50(73)47(84-32(3)66)42(30)56(59,6)7)40(25-41-58(49,29-82-41)88-34(5)68)87-55(78)61-19-20-80-21-22-81-23-24-83-60(54(76)77)26-37(69)44(62-31(2)65)48(89-60)45(71)38(70)28-64/h9-18,37-41,43-49,51,64,69-72,79H,19-29H2,1-8H3,(H,61,78)(H,62,65)(H,63,74)(H,76,77)/t37-,38+,39-,40-,41+,43-,44+,45+,46+,47+,48+,49?,51?,57+,58-,59+,60+/m0/s1. The van der Waals surface area contributed by atoms with Gasteiger partial charge in [0.1, 0.15) is 48.3 Å². The molecular formula is C60H79N3O26. The molecule has 5 aliphatic rings. The molecule has 2 aliphatic heterocycles. The van der Waals surface area contributed by atoms with Gasteiger partial charge in [0.15, 0.2) is 23.6 Å². The molecule has 7 rings (SSSR count). The average molecular weight is 1260 g/mol. The number of ether oxygens (including phenoxy) is 10. The van der Waals surface area contributed by atoms with Gasteiger partial charge in [-0.2, -0.15) is 0 Å². The summed E-state index contributed by atoms with van der Waals surface area (Å²) in [6, 6.07) is 13.3. The number of alkyl carbamates (subject to hydrolysis) is 1. The lowest BCUT2D eigenvalue weighted by molar-refractivity contribution is -0.346. The Morgan fingerprint density at radius 3 is 1.98 bits per heavy atom. The van der Waals surface area contributed by atoms with Gasteiger partial charge in [-0.1, -0.05) is 62.4 Å². The van der Waals surface area contributed by atoms with E-state index in [2.05, 4.69) is 16.0 Å². The second kappa shape index (κ2) is 28.4. The molecule has 89 heavy (non-hydrogen) atoms. The van der Waals surface area contributed by atoms with E-state index < -0.39 is 193 Å². The monoisotopic (exact) mass is 1260 g/mol. The number of aliphatic hydroxyl groups is 6. The lowest BCUT2D eigenvalue weighted by atomic mass is 9.44. The number of Topliss-reactive ketones (excluding diaryl/α,β-unsaturated/α-hetero) is 1. The number of hydrogen-bond donors (Lipinski definition) is 10. The Morgan fingerprint density at radius 2 is 1.40 bits per heavy atom. The van der Waals surface area contributed by atoms with Crippen LogP contribution in [0.25, 0.3) is 0 Å². The van der Waals surface area contributed by atoms with E-state index in [0.29, 0.717) is 5.56 Å². The van der Waals surface area contributed by atoms with Gasteiger partial charge >= 0.3 is 35.9 Å².